The molecular formula is C11H14FNOS. The number of hydrogen-bond donors (Lipinski definition) is 1. The summed E-state index contributed by atoms with van der Waals surface area (Å²) in [7, 11) is 0. The van der Waals surface area contributed by atoms with E-state index >= 15 is 0 Å². The fraction of sp³-hybridized carbons (Fsp3) is 0.455. The van der Waals surface area contributed by atoms with E-state index in [1.54, 1.807) is 12.1 Å². The van der Waals surface area contributed by atoms with Gasteiger partial charge in [-0.05, 0) is 48.3 Å². The van der Waals surface area contributed by atoms with Gasteiger partial charge in [0.2, 0.25) is 0 Å². The SMILES string of the molecule is NC1CCC([S+]([O-])c2ccc(F)cc2)C1. The first-order chi connectivity index (χ1) is 7.16. The number of rotatable bonds is 2. The summed E-state index contributed by atoms with van der Waals surface area (Å²) in [4.78, 5) is 0.704. The van der Waals surface area contributed by atoms with Gasteiger partial charge in [-0.15, -0.1) is 0 Å². The minimum Gasteiger partial charge on any atom is -0.611 e. The smallest absolute Gasteiger partial charge is 0.153 e. The largest absolute Gasteiger partial charge is 0.611 e. The maximum absolute atomic E-state index is 12.7. The molecule has 0 aliphatic heterocycles. The standard InChI is InChI=1S/C11H14FNOS/c12-8-1-4-10(5-2-8)15(14)11-6-3-9(13)7-11/h1-2,4-5,9,11H,3,6-7,13H2. The molecule has 15 heavy (non-hydrogen) atoms. The Hall–Kier alpha value is -0.580. The van der Waals surface area contributed by atoms with Crippen LogP contribution in [0.2, 0.25) is 0 Å². The molecule has 3 unspecified atom stereocenters. The Balaban J connectivity index is 2.07. The second kappa shape index (κ2) is 4.51. The van der Waals surface area contributed by atoms with Crippen molar-refractivity contribution in [3.05, 3.63) is 30.1 Å². The van der Waals surface area contributed by atoms with Crippen molar-refractivity contribution < 1.29 is 8.94 Å². The van der Waals surface area contributed by atoms with Crippen LogP contribution in [0.25, 0.3) is 0 Å². The topological polar surface area (TPSA) is 49.1 Å². The van der Waals surface area contributed by atoms with E-state index in [1.807, 2.05) is 0 Å². The summed E-state index contributed by atoms with van der Waals surface area (Å²) in [6.07, 6.45) is 2.66. The Kier molecular flexibility index (Phi) is 3.29. The molecule has 1 aliphatic carbocycles. The van der Waals surface area contributed by atoms with E-state index < -0.39 is 11.2 Å². The van der Waals surface area contributed by atoms with Crippen LogP contribution in [0.1, 0.15) is 19.3 Å². The van der Waals surface area contributed by atoms with Gasteiger partial charge in [0, 0.05) is 12.5 Å². The molecule has 0 saturated heterocycles. The highest BCUT2D eigenvalue weighted by atomic mass is 32.2. The Morgan fingerprint density at radius 1 is 1.27 bits per heavy atom. The average molecular weight is 227 g/mol. The molecule has 2 N–H and O–H groups in total. The van der Waals surface area contributed by atoms with E-state index in [1.165, 1.54) is 12.1 Å². The molecule has 0 bridgehead atoms. The van der Waals surface area contributed by atoms with E-state index in [9.17, 15) is 8.94 Å². The summed E-state index contributed by atoms with van der Waals surface area (Å²) in [6.45, 7) is 0. The molecule has 2 nitrogen and oxygen atoms in total. The molecule has 1 aliphatic rings. The molecule has 0 spiro atoms. The quantitative estimate of drug-likeness (QED) is 0.783. The van der Waals surface area contributed by atoms with Crippen LogP contribution in [0.3, 0.4) is 0 Å². The van der Waals surface area contributed by atoms with Crippen molar-refractivity contribution >= 4 is 11.2 Å². The van der Waals surface area contributed by atoms with Crippen molar-refractivity contribution in [2.45, 2.75) is 35.4 Å². The van der Waals surface area contributed by atoms with E-state index in [0.717, 1.165) is 19.3 Å². The first kappa shape index (κ1) is 10.9. The van der Waals surface area contributed by atoms with Crippen LogP contribution in [-0.4, -0.2) is 15.8 Å². The van der Waals surface area contributed by atoms with E-state index in [0.29, 0.717) is 4.90 Å². The van der Waals surface area contributed by atoms with Crippen LogP contribution in [-0.2, 0) is 11.2 Å². The van der Waals surface area contributed by atoms with Gasteiger partial charge in [0.05, 0.1) is 0 Å². The molecule has 3 atom stereocenters. The Morgan fingerprint density at radius 2 is 1.93 bits per heavy atom. The molecule has 1 aromatic carbocycles. The molecular weight excluding hydrogens is 213 g/mol. The van der Waals surface area contributed by atoms with Gasteiger partial charge in [-0.25, -0.2) is 4.39 Å². The maximum atomic E-state index is 12.7. The molecule has 1 saturated carbocycles. The fourth-order valence-corrected chi connectivity index (χ4v) is 3.49. The molecule has 1 fully saturated rings. The number of benzene rings is 1. The zero-order valence-electron chi connectivity index (χ0n) is 8.36. The Bertz CT molecular complexity index is 330. The van der Waals surface area contributed by atoms with Crippen molar-refractivity contribution in [2.24, 2.45) is 5.73 Å². The third kappa shape index (κ3) is 2.51. The second-order valence-electron chi connectivity index (χ2n) is 3.95. The zero-order chi connectivity index (χ0) is 10.8. The van der Waals surface area contributed by atoms with Crippen LogP contribution >= 0.6 is 0 Å². The number of halogens is 1. The van der Waals surface area contributed by atoms with Gasteiger partial charge in [0.25, 0.3) is 0 Å². The van der Waals surface area contributed by atoms with Crippen molar-refractivity contribution in [3.8, 4) is 0 Å². The van der Waals surface area contributed by atoms with Gasteiger partial charge in [0.1, 0.15) is 11.1 Å². The molecule has 2 rings (SSSR count). The lowest BCUT2D eigenvalue weighted by Gasteiger charge is -2.16. The van der Waals surface area contributed by atoms with Crippen LogP contribution in [0.5, 0.6) is 0 Å². The van der Waals surface area contributed by atoms with Gasteiger partial charge in [-0.3, -0.25) is 0 Å². The minimum atomic E-state index is -1.03. The van der Waals surface area contributed by atoms with Crippen LogP contribution < -0.4 is 5.73 Å². The first-order valence-electron chi connectivity index (χ1n) is 5.08. The molecule has 0 radical (unpaired) electrons. The lowest BCUT2D eigenvalue weighted by molar-refractivity contribution is 0.576. The van der Waals surface area contributed by atoms with Crippen LogP contribution in [0.15, 0.2) is 29.2 Å². The Morgan fingerprint density at radius 3 is 2.47 bits per heavy atom. The van der Waals surface area contributed by atoms with Crippen LogP contribution in [0, 0.1) is 5.82 Å². The van der Waals surface area contributed by atoms with Gasteiger partial charge in [0.15, 0.2) is 4.90 Å². The highest BCUT2D eigenvalue weighted by Gasteiger charge is 2.32. The molecule has 82 valence electrons. The monoisotopic (exact) mass is 227 g/mol. The number of hydrogen-bond acceptors (Lipinski definition) is 2. The summed E-state index contributed by atoms with van der Waals surface area (Å²) in [5, 5.41) is 0.144. The maximum Gasteiger partial charge on any atom is 0.153 e. The van der Waals surface area contributed by atoms with Gasteiger partial charge >= 0.3 is 0 Å². The van der Waals surface area contributed by atoms with Crippen molar-refractivity contribution in [1.29, 1.82) is 0 Å². The third-order valence-corrected chi connectivity index (χ3v) is 4.54. The predicted octanol–water partition coefficient (Wildman–Crippen LogP) is 1.81. The second-order valence-corrected chi connectivity index (χ2v) is 5.68. The van der Waals surface area contributed by atoms with Gasteiger partial charge in [-0.1, -0.05) is 0 Å². The predicted molar refractivity (Wildman–Crippen MR) is 58.4 cm³/mol. The van der Waals surface area contributed by atoms with Gasteiger partial charge < -0.3 is 10.3 Å². The highest BCUT2D eigenvalue weighted by Crippen LogP contribution is 2.28. The third-order valence-electron chi connectivity index (χ3n) is 2.77. The summed E-state index contributed by atoms with van der Waals surface area (Å²) >= 11 is -1.03. The molecule has 0 heterocycles. The lowest BCUT2D eigenvalue weighted by Crippen LogP contribution is -2.22. The fourth-order valence-electron chi connectivity index (χ4n) is 1.93. The Labute approximate surface area is 91.9 Å². The molecule has 0 aromatic heterocycles. The zero-order valence-corrected chi connectivity index (χ0v) is 9.17. The van der Waals surface area contributed by atoms with Crippen molar-refractivity contribution in [3.63, 3.8) is 0 Å². The summed E-state index contributed by atoms with van der Waals surface area (Å²) in [6, 6.07) is 6.06. The molecule has 1 aromatic rings. The molecule has 4 heteroatoms. The summed E-state index contributed by atoms with van der Waals surface area (Å²) in [5.74, 6) is -0.293. The minimum absolute atomic E-state index is 0.144. The van der Waals surface area contributed by atoms with Crippen LogP contribution in [0.4, 0.5) is 4.39 Å². The van der Waals surface area contributed by atoms with Crippen molar-refractivity contribution in [1.82, 2.24) is 0 Å². The average Bonchev–Trinajstić information content (AvgIpc) is 2.65. The van der Waals surface area contributed by atoms with E-state index in [2.05, 4.69) is 0 Å². The number of nitrogens with two attached hydrogens (primary N) is 1. The lowest BCUT2D eigenvalue weighted by atomic mass is 10.3. The van der Waals surface area contributed by atoms with Gasteiger partial charge in [-0.2, -0.15) is 0 Å². The summed E-state index contributed by atoms with van der Waals surface area (Å²) in [5.41, 5.74) is 5.77. The van der Waals surface area contributed by atoms with E-state index in [4.69, 9.17) is 5.73 Å². The first-order valence-corrected chi connectivity index (χ1v) is 6.30. The normalized spacial score (nSPS) is 27.9. The van der Waals surface area contributed by atoms with E-state index in [-0.39, 0.29) is 17.1 Å². The summed E-state index contributed by atoms with van der Waals surface area (Å²) < 4.78 is 24.7. The van der Waals surface area contributed by atoms with Crippen molar-refractivity contribution in [2.75, 3.05) is 0 Å². The highest BCUT2D eigenvalue weighted by molar-refractivity contribution is 7.92. The molecule has 0 amide bonds.